The number of nitrogens with zero attached hydrogens (tertiary/aromatic N) is 2. The third kappa shape index (κ3) is 4.12. The molecule has 1 atom stereocenters. The molecular formula is C27H26N2O5. The average molecular weight is 459 g/mol. The first-order chi connectivity index (χ1) is 16.2. The largest absolute Gasteiger partial charge is 0.489 e. The Morgan fingerprint density at radius 2 is 1.88 bits per heavy atom. The topological polar surface area (TPSA) is 102 Å². The predicted molar refractivity (Wildman–Crippen MR) is 127 cm³/mol. The molecule has 1 aliphatic rings. The van der Waals surface area contributed by atoms with E-state index in [9.17, 15) is 19.8 Å². The Morgan fingerprint density at radius 1 is 1.09 bits per heavy atom. The molecule has 0 spiro atoms. The van der Waals surface area contributed by atoms with Crippen molar-refractivity contribution in [2.45, 2.75) is 39.2 Å². The summed E-state index contributed by atoms with van der Waals surface area (Å²) in [7, 11) is 0. The van der Waals surface area contributed by atoms with Crippen LogP contribution in [0.5, 0.6) is 5.75 Å². The summed E-state index contributed by atoms with van der Waals surface area (Å²) >= 11 is 0. The number of carbonyl (C=O) groups is 2. The molecule has 1 aromatic heterocycles. The molecule has 0 radical (unpaired) electrons. The van der Waals surface area contributed by atoms with Crippen molar-refractivity contribution in [3.05, 3.63) is 100 Å². The van der Waals surface area contributed by atoms with Crippen molar-refractivity contribution >= 4 is 11.9 Å². The number of ether oxygens (including phenoxy) is 1. The maximum atomic E-state index is 12.6. The maximum absolute atomic E-state index is 12.6. The molecule has 0 aliphatic heterocycles. The molecule has 1 heterocycles. The highest BCUT2D eigenvalue weighted by Gasteiger charge is 2.43. The van der Waals surface area contributed by atoms with Crippen LogP contribution in [0.1, 0.15) is 35.6 Å². The van der Waals surface area contributed by atoms with E-state index in [1.165, 1.54) is 0 Å². The minimum Gasteiger partial charge on any atom is -0.489 e. The summed E-state index contributed by atoms with van der Waals surface area (Å²) in [6.45, 7) is 5.67. The van der Waals surface area contributed by atoms with Gasteiger partial charge in [-0.15, -0.1) is 0 Å². The molecule has 0 fully saturated rings. The standard InChI is InChI=1S/C27H26N2O5/c1-17-6-4-7-23(27(26(32)33)11-10-18(2)21(15-27)25(30)31)22(17)16-34-24-9-8-20(14-19(24)3)29-13-5-12-28-29/h4-14H,15-16H2,1-3H3,(H,30,31)(H,32,33). The molecule has 2 aromatic carbocycles. The van der Waals surface area contributed by atoms with Gasteiger partial charge < -0.3 is 14.9 Å². The van der Waals surface area contributed by atoms with E-state index < -0.39 is 17.4 Å². The van der Waals surface area contributed by atoms with E-state index in [0.29, 0.717) is 16.9 Å². The highest BCUT2D eigenvalue weighted by atomic mass is 16.5. The summed E-state index contributed by atoms with van der Waals surface area (Å²) in [5.74, 6) is -1.52. The number of aliphatic carboxylic acids is 2. The molecule has 1 aliphatic carbocycles. The fourth-order valence-electron chi connectivity index (χ4n) is 4.36. The van der Waals surface area contributed by atoms with Crippen LogP contribution < -0.4 is 4.74 Å². The van der Waals surface area contributed by atoms with Crippen molar-refractivity contribution in [3.63, 3.8) is 0 Å². The number of benzene rings is 2. The molecule has 0 amide bonds. The van der Waals surface area contributed by atoms with Crippen molar-refractivity contribution in [1.29, 1.82) is 0 Å². The Morgan fingerprint density at radius 3 is 2.53 bits per heavy atom. The van der Waals surface area contributed by atoms with E-state index in [0.717, 1.165) is 22.4 Å². The number of carboxylic acids is 2. The summed E-state index contributed by atoms with van der Waals surface area (Å²) in [5, 5.41) is 24.2. The second-order valence-electron chi connectivity index (χ2n) is 8.54. The van der Waals surface area contributed by atoms with Crippen LogP contribution in [0.25, 0.3) is 5.69 Å². The fraction of sp³-hybridized carbons (Fsp3) is 0.222. The molecule has 7 nitrogen and oxygen atoms in total. The Hall–Kier alpha value is -4.13. The maximum Gasteiger partial charge on any atom is 0.331 e. The van der Waals surface area contributed by atoms with Crippen molar-refractivity contribution in [1.82, 2.24) is 9.78 Å². The lowest BCUT2D eigenvalue weighted by atomic mass is 9.69. The van der Waals surface area contributed by atoms with Crippen LogP contribution in [-0.4, -0.2) is 31.9 Å². The van der Waals surface area contributed by atoms with Crippen molar-refractivity contribution in [3.8, 4) is 11.4 Å². The Kier molecular flexibility index (Phi) is 6.11. The number of aryl methyl sites for hydroxylation is 2. The zero-order chi connectivity index (χ0) is 24.5. The van der Waals surface area contributed by atoms with Crippen LogP contribution in [0, 0.1) is 13.8 Å². The number of hydrogen-bond acceptors (Lipinski definition) is 4. The van der Waals surface area contributed by atoms with Crippen LogP contribution in [0.2, 0.25) is 0 Å². The molecule has 174 valence electrons. The summed E-state index contributed by atoms with van der Waals surface area (Å²) < 4.78 is 7.91. The first-order valence-electron chi connectivity index (χ1n) is 10.9. The minimum atomic E-state index is -1.49. The van der Waals surface area contributed by atoms with Crippen molar-refractivity contribution in [2.75, 3.05) is 0 Å². The molecule has 4 rings (SSSR count). The van der Waals surface area contributed by atoms with E-state index in [1.54, 1.807) is 42.1 Å². The normalized spacial score (nSPS) is 17.6. The number of carboxylic acid groups (broad SMARTS) is 2. The highest BCUT2D eigenvalue weighted by Crippen LogP contribution is 2.41. The zero-order valence-corrected chi connectivity index (χ0v) is 19.3. The van der Waals surface area contributed by atoms with Crippen molar-refractivity contribution in [2.24, 2.45) is 0 Å². The van der Waals surface area contributed by atoms with Gasteiger partial charge in [-0.1, -0.05) is 30.4 Å². The third-order valence-electron chi connectivity index (χ3n) is 6.38. The monoisotopic (exact) mass is 458 g/mol. The summed E-state index contributed by atoms with van der Waals surface area (Å²) in [5.41, 5.74) is 3.14. The number of hydrogen-bond donors (Lipinski definition) is 2. The molecular weight excluding hydrogens is 432 g/mol. The van der Waals surface area contributed by atoms with Gasteiger partial charge in [0.2, 0.25) is 0 Å². The molecule has 1 unspecified atom stereocenters. The number of allylic oxidation sites excluding steroid dienone is 2. The van der Waals surface area contributed by atoms with Gasteiger partial charge in [0.15, 0.2) is 0 Å². The summed E-state index contributed by atoms with van der Waals surface area (Å²) in [6.07, 6.45) is 6.63. The summed E-state index contributed by atoms with van der Waals surface area (Å²) in [4.78, 5) is 24.4. The van der Waals surface area contributed by atoms with Gasteiger partial charge in [0.1, 0.15) is 17.8 Å². The van der Waals surface area contributed by atoms with Gasteiger partial charge >= 0.3 is 11.9 Å². The van der Waals surface area contributed by atoms with Crippen molar-refractivity contribution < 1.29 is 24.5 Å². The SMILES string of the molecule is CC1=C(C(=O)O)CC(C(=O)O)(c2cccc(C)c2COc2ccc(-n3cccn3)cc2C)C=C1. The predicted octanol–water partition coefficient (Wildman–Crippen LogP) is 4.75. The van der Waals surface area contributed by atoms with E-state index >= 15 is 0 Å². The Labute approximate surface area is 197 Å². The van der Waals surface area contributed by atoms with E-state index in [2.05, 4.69) is 5.10 Å². The van der Waals surface area contributed by atoms with Crippen LogP contribution in [0.15, 0.2) is 78.2 Å². The first kappa shape index (κ1) is 23.0. The van der Waals surface area contributed by atoms with Gasteiger partial charge in [0, 0.05) is 24.4 Å². The molecule has 0 bridgehead atoms. The van der Waals surface area contributed by atoms with Crippen LogP contribution >= 0.6 is 0 Å². The smallest absolute Gasteiger partial charge is 0.331 e. The lowest BCUT2D eigenvalue weighted by molar-refractivity contribution is -0.142. The number of rotatable bonds is 7. The highest BCUT2D eigenvalue weighted by molar-refractivity contribution is 5.94. The minimum absolute atomic E-state index is 0.100. The van der Waals surface area contributed by atoms with Gasteiger partial charge in [-0.25, -0.2) is 9.48 Å². The Balaban J connectivity index is 1.68. The van der Waals surface area contributed by atoms with E-state index in [1.807, 2.05) is 50.4 Å². The molecule has 0 saturated heterocycles. The molecule has 2 N–H and O–H groups in total. The lowest BCUT2D eigenvalue weighted by Crippen LogP contribution is -2.38. The quantitative estimate of drug-likeness (QED) is 0.530. The second-order valence-corrected chi connectivity index (χ2v) is 8.54. The average Bonchev–Trinajstić information content (AvgIpc) is 3.34. The lowest BCUT2D eigenvalue weighted by Gasteiger charge is -2.32. The van der Waals surface area contributed by atoms with E-state index in [-0.39, 0.29) is 18.6 Å². The summed E-state index contributed by atoms with van der Waals surface area (Å²) in [6, 6.07) is 13.0. The van der Waals surface area contributed by atoms with Gasteiger partial charge in [-0.05, 0) is 72.9 Å². The fourth-order valence-corrected chi connectivity index (χ4v) is 4.36. The molecule has 0 saturated carbocycles. The molecule has 7 heteroatoms. The third-order valence-corrected chi connectivity index (χ3v) is 6.38. The first-order valence-corrected chi connectivity index (χ1v) is 10.9. The number of aromatic nitrogens is 2. The van der Waals surface area contributed by atoms with Gasteiger partial charge in [-0.2, -0.15) is 5.10 Å². The Bertz CT molecular complexity index is 1320. The molecule has 3 aromatic rings. The van der Waals surface area contributed by atoms with Gasteiger partial charge in [-0.3, -0.25) is 4.79 Å². The van der Waals surface area contributed by atoms with Gasteiger partial charge in [0.05, 0.1) is 5.69 Å². The van der Waals surface area contributed by atoms with Gasteiger partial charge in [0.25, 0.3) is 0 Å². The molecule has 34 heavy (non-hydrogen) atoms. The van der Waals surface area contributed by atoms with Crippen LogP contribution in [0.3, 0.4) is 0 Å². The van der Waals surface area contributed by atoms with Crippen LogP contribution in [0.4, 0.5) is 0 Å². The van der Waals surface area contributed by atoms with E-state index in [4.69, 9.17) is 4.74 Å². The zero-order valence-electron chi connectivity index (χ0n) is 19.3. The van der Waals surface area contributed by atoms with Crippen LogP contribution in [-0.2, 0) is 21.6 Å². The second kappa shape index (κ2) is 9.02.